The van der Waals surface area contributed by atoms with Gasteiger partial charge in [0.25, 0.3) is 0 Å². The van der Waals surface area contributed by atoms with Crippen molar-refractivity contribution in [3.8, 4) is 0 Å². The van der Waals surface area contributed by atoms with Crippen molar-refractivity contribution in [2.75, 3.05) is 13.2 Å². The van der Waals surface area contributed by atoms with Crippen molar-refractivity contribution < 1.29 is 55.1 Å². The highest BCUT2D eigenvalue weighted by Gasteiger charge is 2.57. The highest BCUT2D eigenvalue weighted by atomic mass is 32.2. The van der Waals surface area contributed by atoms with Crippen LogP contribution in [0.15, 0.2) is 12.2 Å². The Bertz CT molecular complexity index is 919. The molecular weight excluding hydrogens is 494 g/mol. The van der Waals surface area contributed by atoms with Gasteiger partial charge in [-0.25, -0.2) is 9.59 Å². The molecule has 10 nitrogen and oxygen atoms in total. The summed E-state index contributed by atoms with van der Waals surface area (Å²) < 4.78 is 79.1. The Morgan fingerprint density at radius 1 is 1.34 bits per heavy atom. The lowest BCUT2D eigenvalue weighted by molar-refractivity contribution is -0.181. The van der Waals surface area contributed by atoms with E-state index in [1.165, 1.54) is 6.08 Å². The molecule has 200 valence electrons. The molecule has 1 fully saturated rings. The first kappa shape index (κ1) is 29.1. The van der Waals surface area contributed by atoms with Crippen molar-refractivity contribution in [2.45, 2.75) is 82.4 Å². The summed E-state index contributed by atoms with van der Waals surface area (Å²) in [4.78, 5) is 35.5. The van der Waals surface area contributed by atoms with Gasteiger partial charge < -0.3 is 18.9 Å². The van der Waals surface area contributed by atoms with Crippen molar-refractivity contribution in [3.63, 3.8) is 0 Å². The van der Waals surface area contributed by atoms with Gasteiger partial charge in [-0.3, -0.25) is 9.35 Å². The fourth-order valence-electron chi connectivity index (χ4n) is 4.22. The van der Waals surface area contributed by atoms with Crippen molar-refractivity contribution in [1.29, 1.82) is 0 Å². The minimum atomic E-state index is -6.00. The van der Waals surface area contributed by atoms with Gasteiger partial charge in [0.2, 0.25) is 0 Å². The van der Waals surface area contributed by atoms with Crippen LogP contribution >= 0.6 is 0 Å². The van der Waals surface area contributed by atoms with E-state index in [-0.39, 0.29) is 31.3 Å². The molecule has 0 aromatic rings. The normalized spacial score (nSPS) is 27.8. The Morgan fingerprint density at radius 2 is 2.03 bits per heavy atom. The van der Waals surface area contributed by atoms with E-state index in [4.69, 9.17) is 23.5 Å². The zero-order valence-electron chi connectivity index (χ0n) is 19.9. The van der Waals surface area contributed by atoms with Crippen LogP contribution in [-0.2, 0) is 43.4 Å². The van der Waals surface area contributed by atoms with Gasteiger partial charge in [0.05, 0.1) is 12.0 Å². The molecule has 0 saturated carbocycles. The minimum absolute atomic E-state index is 0.0679. The number of allylic oxidation sites excluding steroid dienone is 1. The molecule has 2 rings (SSSR count). The van der Waals surface area contributed by atoms with Crippen LogP contribution in [0.25, 0.3) is 0 Å². The summed E-state index contributed by atoms with van der Waals surface area (Å²) in [6.07, 6.45) is 4.27. The molecule has 1 heterocycles. The number of halogens is 2. The second-order valence-corrected chi connectivity index (χ2v) is 10.3. The maximum Gasteiger partial charge on any atom is 0.465 e. The van der Waals surface area contributed by atoms with Crippen LogP contribution in [0.4, 0.5) is 8.78 Å². The summed E-state index contributed by atoms with van der Waals surface area (Å²) >= 11 is 0. The summed E-state index contributed by atoms with van der Waals surface area (Å²) in [6.45, 7) is 4.63. The third-order valence-corrected chi connectivity index (χ3v) is 7.16. The average Bonchev–Trinajstić information content (AvgIpc) is 3.12. The molecule has 0 aromatic carbocycles. The van der Waals surface area contributed by atoms with Crippen LogP contribution in [0.5, 0.6) is 0 Å². The van der Waals surface area contributed by atoms with Gasteiger partial charge in [0.15, 0.2) is 0 Å². The SMILES string of the molecule is CCC(CC1CCC=CC1(CC)OC(=O)C(F)(F)S(=O)(=O)O)OCC(=O)OCC1CC(C)C(=O)O1. The number of esters is 3. The Morgan fingerprint density at radius 3 is 2.57 bits per heavy atom. The van der Waals surface area contributed by atoms with Gasteiger partial charge in [0, 0.05) is 12.3 Å². The van der Waals surface area contributed by atoms with Gasteiger partial charge in [0.1, 0.15) is 24.9 Å². The standard InChI is InChI=1S/C22H32F2O10S/c1-4-16(31-13-18(25)32-12-17-10-14(3)19(26)33-17)11-15-8-6-7-9-21(15,5-2)34-20(27)22(23,24)35(28,29)30/h7,9,14-17H,4-6,8,10-13H2,1-3H3,(H,28,29,30). The molecule has 2 aliphatic rings. The van der Waals surface area contributed by atoms with E-state index in [0.29, 0.717) is 25.7 Å². The van der Waals surface area contributed by atoms with E-state index in [0.717, 1.165) is 0 Å². The van der Waals surface area contributed by atoms with Crippen LogP contribution in [0.3, 0.4) is 0 Å². The molecule has 0 aromatic heterocycles. The molecule has 0 spiro atoms. The molecule has 5 unspecified atom stereocenters. The maximum absolute atomic E-state index is 13.8. The fourth-order valence-corrected chi connectivity index (χ4v) is 4.47. The number of carbonyl (C=O) groups is 3. The third kappa shape index (κ3) is 7.20. The molecule has 0 radical (unpaired) electrons. The van der Waals surface area contributed by atoms with Crippen molar-refractivity contribution in [2.24, 2.45) is 11.8 Å². The zero-order valence-corrected chi connectivity index (χ0v) is 20.7. The van der Waals surface area contributed by atoms with E-state index >= 15 is 0 Å². The monoisotopic (exact) mass is 526 g/mol. The number of hydrogen-bond donors (Lipinski definition) is 1. The molecule has 0 amide bonds. The summed E-state index contributed by atoms with van der Waals surface area (Å²) in [5.41, 5.74) is -1.54. The van der Waals surface area contributed by atoms with Crippen LogP contribution < -0.4 is 0 Å². The van der Waals surface area contributed by atoms with E-state index in [1.807, 2.05) is 0 Å². The Labute approximate surface area is 203 Å². The first-order chi connectivity index (χ1) is 16.3. The Balaban J connectivity index is 1.98. The van der Waals surface area contributed by atoms with E-state index in [2.05, 4.69) is 0 Å². The number of carbonyl (C=O) groups excluding carboxylic acids is 3. The zero-order chi connectivity index (χ0) is 26.4. The van der Waals surface area contributed by atoms with Gasteiger partial charge in [-0.15, -0.1) is 0 Å². The van der Waals surface area contributed by atoms with Crippen molar-refractivity contribution >= 4 is 28.0 Å². The number of alkyl halides is 2. The second-order valence-electron chi connectivity index (χ2n) is 8.82. The van der Waals surface area contributed by atoms with Gasteiger partial charge in [-0.1, -0.05) is 26.8 Å². The van der Waals surface area contributed by atoms with Crippen LogP contribution in [0.2, 0.25) is 0 Å². The van der Waals surface area contributed by atoms with E-state index in [9.17, 15) is 31.6 Å². The number of cyclic esters (lactones) is 1. The molecule has 0 bridgehead atoms. The highest BCUT2D eigenvalue weighted by molar-refractivity contribution is 7.87. The number of hydrogen-bond acceptors (Lipinski definition) is 9. The lowest BCUT2D eigenvalue weighted by atomic mass is 9.75. The molecule has 1 saturated heterocycles. The number of rotatable bonds is 12. The van der Waals surface area contributed by atoms with Crippen LogP contribution in [-0.4, -0.2) is 67.2 Å². The topological polar surface area (TPSA) is 142 Å². The lowest BCUT2D eigenvalue weighted by Gasteiger charge is -2.41. The van der Waals surface area contributed by atoms with Gasteiger partial charge in [-0.05, 0) is 38.2 Å². The molecule has 35 heavy (non-hydrogen) atoms. The summed E-state index contributed by atoms with van der Waals surface area (Å²) in [6, 6.07) is 0. The molecule has 5 atom stereocenters. The van der Waals surface area contributed by atoms with Gasteiger partial charge in [-0.2, -0.15) is 17.2 Å². The molecule has 1 N–H and O–H groups in total. The molecule has 1 aliphatic carbocycles. The van der Waals surface area contributed by atoms with E-state index < -0.39 is 57.6 Å². The Kier molecular flexibility index (Phi) is 9.77. The highest BCUT2D eigenvalue weighted by Crippen LogP contribution is 2.40. The maximum atomic E-state index is 13.8. The summed E-state index contributed by atoms with van der Waals surface area (Å²) in [7, 11) is -6.00. The molecule has 1 aliphatic heterocycles. The predicted molar refractivity (Wildman–Crippen MR) is 117 cm³/mol. The molecule has 13 heteroatoms. The fraction of sp³-hybridized carbons (Fsp3) is 0.773. The number of ether oxygens (including phenoxy) is 4. The first-order valence-electron chi connectivity index (χ1n) is 11.5. The van der Waals surface area contributed by atoms with E-state index in [1.54, 1.807) is 26.8 Å². The smallest absolute Gasteiger partial charge is 0.460 e. The van der Waals surface area contributed by atoms with Crippen LogP contribution in [0, 0.1) is 11.8 Å². The second kappa shape index (κ2) is 11.7. The first-order valence-corrected chi connectivity index (χ1v) is 12.9. The van der Waals surface area contributed by atoms with Gasteiger partial charge >= 0.3 is 33.3 Å². The quantitative estimate of drug-likeness (QED) is 0.175. The average molecular weight is 527 g/mol. The van der Waals surface area contributed by atoms with Crippen molar-refractivity contribution in [3.05, 3.63) is 12.2 Å². The minimum Gasteiger partial charge on any atom is -0.460 e. The summed E-state index contributed by atoms with van der Waals surface area (Å²) in [5.74, 6) is -4.14. The largest absolute Gasteiger partial charge is 0.465 e. The predicted octanol–water partition coefficient (Wildman–Crippen LogP) is 2.81. The molecular formula is C22H32F2O10S. The van der Waals surface area contributed by atoms with Crippen molar-refractivity contribution in [1.82, 2.24) is 0 Å². The Hall–Kier alpha value is -2.12. The summed E-state index contributed by atoms with van der Waals surface area (Å²) in [5, 5.41) is -5.11. The third-order valence-electron chi connectivity index (χ3n) is 6.34. The van der Waals surface area contributed by atoms with Crippen LogP contribution in [0.1, 0.15) is 59.3 Å². The lowest BCUT2D eigenvalue weighted by Crippen LogP contribution is -2.49.